The van der Waals surface area contributed by atoms with Crippen LogP contribution < -0.4 is 33.2 Å². The summed E-state index contributed by atoms with van der Waals surface area (Å²) in [4.78, 5) is 57.4. The molecule has 292 valence electrons. The lowest BCUT2D eigenvalue weighted by Gasteiger charge is -2.15. The Morgan fingerprint density at radius 2 is 1.13 bits per heavy atom. The van der Waals surface area contributed by atoms with Crippen LogP contribution in [-0.4, -0.2) is 94.7 Å². The molecule has 0 aromatic heterocycles. The Hall–Kier alpha value is -4.64. The van der Waals surface area contributed by atoms with Crippen LogP contribution in [0.5, 0.6) is 0 Å². The predicted octanol–water partition coefficient (Wildman–Crippen LogP) is -1.73. The van der Waals surface area contributed by atoms with Gasteiger partial charge in [0.15, 0.2) is 11.6 Å². The van der Waals surface area contributed by atoms with E-state index in [1.807, 2.05) is 0 Å². The van der Waals surface area contributed by atoms with Gasteiger partial charge in [-0.1, -0.05) is 12.1 Å². The SMILES string of the molecule is CC(=O)c1cc(F)c2c(c1)B(O)OC2.Cl.NC[C@H](N)C(=O)O.O=C(CC[C@H](NC(=O)c1cc(F)c2c(c1)B(O)OC2)C(=O)O)c1cc(F)c2c(c1)B(O)OC2. The first-order valence-corrected chi connectivity index (χ1v) is 16.1. The summed E-state index contributed by atoms with van der Waals surface area (Å²) in [5.74, 6) is -6.22. The molecule has 6 rings (SSSR count). The van der Waals surface area contributed by atoms with Gasteiger partial charge in [0, 0.05) is 46.3 Å². The lowest BCUT2D eigenvalue weighted by molar-refractivity contribution is -0.139. The molecule has 10 N–H and O–H groups in total. The zero-order valence-corrected chi connectivity index (χ0v) is 29.6. The number of fused-ring (bicyclic) bond motifs is 3. The molecule has 0 saturated heterocycles. The van der Waals surface area contributed by atoms with Crippen molar-refractivity contribution < 1.29 is 76.4 Å². The molecule has 0 radical (unpaired) electrons. The molecule has 0 saturated carbocycles. The Bertz CT molecular complexity index is 1980. The zero-order chi connectivity index (χ0) is 40.0. The van der Waals surface area contributed by atoms with Crippen LogP contribution in [0.15, 0.2) is 36.4 Å². The number of Topliss-reactive ketones (excluding diaryl/α,β-unsaturated/α-hetero) is 2. The lowest BCUT2D eigenvalue weighted by Crippen LogP contribution is -2.41. The van der Waals surface area contributed by atoms with Gasteiger partial charge < -0.3 is 56.0 Å². The van der Waals surface area contributed by atoms with E-state index < -0.39 is 74.5 Å². The van der Waals surface area contributed by atoms with Crippen LogP contribution in [0.1, 0.15) is 67.5 Å². The Morgan fingerprint density at radius 3 is 1.51 bits per heavy atom. The van der Waals surface area contributed by atoms with E-state index in [9.17, 15) is 57.3 Å². The molecular formula is C32H34B3ClF3N3O13. The van der Waals surface area contributed by atoms with Crippen molar-refractivity contribution in [3.05, 3.63) is 87.2 Å². The maximum Gasteiger partial charge on any atom is 0.491 e. The van der Waals surface area contributed by atoms with Crippen molar-refractivity contribution in [2.45, 2.75) is 51.7 Å². The van der Waals surface area contributed by atoms with E-state index in [0.29, 0.717) is 11.0 Å². The van der Waals surface area contributed by atoms with E-state index in [2.05, 4.69) is 5.32 Å². The van der Waals surface area contributed by atoms with Gasteiger partial charge in [-0.3, -0.25) is 19.2 Å². The molecule has 3 aromatic carbocycles. The van der Waals surface area contributed by atoms with Gasteiger partial charge >= 0.3 is 33.3 Å². The predicted molar refractivity (Wildman–Crippen MR) is 191 cm³/mol. The molecule has 0 fully saturated rings. The monoisotopic (exact) mass is 793 g/mol. The van der Waals surface area contributed by atoms with E-state index >= 15 is 0 Å². The fraction of sp³-hybridized carbons (Fsp3) is 0.281. The van der Waals surface area contributed by atoms with Crippen molar-refractivity contribution in [2.75, 3.05) is 6.54 Å². The van der Waals surface area contributed by atoms with Crippen molar-refractivity contribution in [2.24, 2.45) is 11.5 Å². The standard InChI is InChI=1S/C20H17B2F2NO8.C9H8BFO3.C3H8N2O2.ClH/c23-15-5-9(3-13-11(15)7-32-21(13)30)18(26)2-1-17(20(28)29)25-19(27)10-4-14-12(16(24)6-10)8-33-22(14)31;1-5(12)6-2-8-7(9(11)3-6)4-14-10(8)13;4-1-2(5)3(6)7;/h3-6,17,30-31H,1-2,7-8H2,(H,25,27)(H,28,29);2-3,13H,4H2,1H3;2H,1,4-5H2,(H,6,7);1H/t17-;;2-;/m0.0./s1. The van der Waals surface area contributed by atoms with Crippen molar-refractivity contribution in [3.8, 4) is 0 Å². The molecule has 3 heterocycles. The highest BCUT2D eigenvalue weighted by Crippen LogP contribution is 2.20. The molecule has 3 aromatic rings. The molecule has 3 aliphatic rings. The third-order valence-electron chi connectivity index (χ3n) is 8.47. The Labute approximate surface area is 317 Å². The Kier molecular flexibility index (Phi) is 15.7. The number of carboxylic acid groups (broad SMARTS) is 2. The average molecular weight is 794 g/mol. The minimum absolute atomic E-state index is 0. The molecule has 2 atom stereocenters. The number of carboxylic acids is 2. The molecule has 1 amide bonds. The quantitative estimate of drug-likeness (QED) is 0.0837. The van der Waals surface area contributed by atoms with Gasteiger partial charge in [0.1, 0.15) is 29.5 Å². The maximum absolute atomic E-state index is 14.2. The Morgan fingerprint density at radius 1 is 0.727 bits per heavy atom. The maximum atomic E-state index is 14.2. The Balaban J connectivity index is 0.000000303. The summed E-state index contributed by atoms with van der Waals surface area (Å²) in [7, 11) is -3.87. The lowest BCUT2D eigenvalue weighted by atomic mass is 9.78. The van der Waals surface area contributed by atoms with Crippen molar-refractivity contribution >= 4 is 79.6 Å². The van der Waals surface area contributed by atoms with E-state index in [-0.39, 0.29) is 96.1 Å². The number of nitrogens with two attached hydrogens (primary N) is 2. The smallest absolute Gasteiger partial charge is 0.480 e. The number of amides is 1. The second kappa shape index (κ2) is 19.3. The van der Waals surface area contributed by atoms with Crippen LogP contribution in [0.2, 0.25) is 0 Å². The van der Waals surface area contributed by atoms with Gasteiger partial charge in [-0.2, -0.15) is 0 Å². The largest absolute Gasteiger partial charge is 0.491 e. The van der Waals surface area contributed by atoms with Gasteiger partial charge in [0.25, 0.3) is 5.91 Å². The molecule has 0 spiro atoms. The van der Waals surface area contributed by atoms with Gasteiger partial charge in [0.05, 0.1) is 19.8 Å². The van der Waals surface area contributed by atoms with Crippen LogP contribution >= 0.6 is 12.4 Å². The summed E-state index contributed by atoms with van der Waals surface area (Å²) in [6, 6.07) is 4.62. The van der Waals surface area contributed by atoms with E-state index in [1.165, 1.54) is 31.2 Å². The molecule has 23 heteroatoms. The fourth-order valence-corrected chi connectivity index (χ4v) is 5.36. The molecule has 3 aliphatic heterocycles. The molecule has 55 heavy (non-hydrogen) atoms. The summed E-state index contributed by atoms with van der Waals surface area (Å²) in [6.45, 7) is 1.12. The van der Waals surface area contributed by atoms with Crippen LogP contribution in [0.25, 0.3) is 0 Å². The summed E-state index contributed by atoms with van der Waals surface area (Å²) in [5, 5.41) is 48.4. The van der Waals surface area contributed by atoms with Crippen molar-refractivity contribution in [1.29, 1.82) is 0 Å². The summed E-state index contributed by atoms with van der Waals surface area (Å²) in [6.07, 6.45) is -0.672. The topological polar surface area (TPSA) is 278 Å². The van der Waals surface area contributed by atoms with Crippen LogP contribution in [0.4, 0.5) is 13.2 Å². The third kappa shape index (κ3) is 10.8. The van der Waals surface area contributed by atoms with E-state index in [1.54, 1.807) is 0 Å². The highest BCUT2D eigenvalue weighted by Gasteiger charge is 2.34. The molecule has 16 nitrogen and oxygen atoms in total. The zero-order valence-electron chi connectivity index (χ0n) is 28.8. The molecular weight excluding hydrogens is 759 g/mol. The summed E-state index contributed by atoms with van der Waals surface area (Å²) >= 11 is 0. The van der Waals surface area contributed by atoms with Gasteiger partial charge in [-0.05, 0) is 54.0 Å². The number of hydrogen-bond acceptors (Lipinski definition) is 13. The highest BCUT2D eigenvalue weighted by molar-refractivity contribution is 6.62. The molecule has 0 bridgehead atoms. The third-order valence-corrected chi connectivity index (χ3v) is 8.47. The van der Waals surface area contributed by atoms with Crippen molar-refractivity contribution in [3.63, 3.8) is 0 Å². The first-order valence-electron chi connectivity index (χ1n) is 16.1. The number of hydrogen-bond donors (Lipinski definition) is 8. The summed E-state index contributed by atoms with van der Waals surface area (Å²) < 4.78 is 56.4. The average Bonchev–Trinajstić information content (AvgIpc) is 3.82. The number of aliphatic carboxylic acids is 2. The number of carbonyl (C=O) groups excluding carboxylic acids is 3. The second-order valence-electron chi connectivity index (χ2n) is 12.1. The fourth-order valence-electron chi connectivity index (χ4n) is 5.36. The minimum Gasteiger partial charge on any atom is -0.480 e. The highest BCUT2D eigenvalue weighted by atomic mass is 35.5. The summed E-state index contributed by atoms with van der Waals surface area (Å²) in [5.41, 5.74) is 10.9. The van der Waals surface area contributed by atoms with Crippen LogP contribution in [0.3, 0.4) is 0 Å². The molecule has 0 aliphatic carbocycles. The van der Waals surface area contributed by atoms with E-state index in [0.717, 1.165) is 12.1 Å². The number of rotatable bonds is 10. The second-order valence-corrected chi connectivity index (χ2v) is 12.1. The number of benzene rings is 3. The van der Waals surface area contributed by atoms with Crippen LogP contribution in [-0.2, 0) is 43.4 Å². The number of nitrogens with one attached hydrogen (secondary N) is 1. The number of ketones is 2. The first kappa shape index (κ1) is 44.8. The normalized spacial score (nSPS) is 14.5. The first-order chi connectivity index (χ1) is 25.4. The molecule has 0 unspecified atom stereocenters. The number of halogens is 4. The number of carbonyl (C=O) groups is 5. The minimum atomic E-state index is -1.49. The van der Waals surface area contributed by atoms with Gasteiger partial charge in [-0.15, -0.1) is 12.4 Å². The van der Waals surface area contributed by atoms with Crippen LogP contribution in [0, 0.1) is 17.5 Å². The van der Waals surface area contributed by atoms with Gasteiger partial charge in [0.2, 0.25) is 0 Å². The van der Waals surface area contributed by atoms with Crippen molar-refractivity contribution in [1.82, 2.24) is 5.32 Å². The van der Waals surface area contributed by atoms with E-state index in [4.69, 9.17) is 30.5 Å². The van der Waals surface area contributed by atoms with Gasteiger partial charge in [-0.25, -0.2) is 18.0 Å².